The predicted molar refractivity (Wildman–Crippen MR) is 68.0 cm³/mol. The van der Waals surface area contributed by atoms with Crippen LogP contribution in [0.25, 0.3) is 10.8 Å². The van der Waals surface area contributed by atoms with Crippen molar-refractivity contribution in [1.82, 2.24) is 10.2 Å². The standard InChI is InChI=1S/C14H10N2O3/c17-14(18)13-16-15-12(19-13)8-9-5-6-10-3-1-2-4-11(10)7-9/h1-7H,8H2,(H,17,18). The monoisotopic (exact) mass is 254 g/mol. The third kappa shape index (κ3) is 2.30. The van der Waals surface area contributed by atoms with Crippen molar-refractivity contribution in [1.29, 1.82) is 0 Å². The van der Waals surface area contributed by atoms with Crippen LogP contribution in [0.3, 0.4) is 0 Å². The molecular formula is C14H10N2O3. The van der Waals surface area contributed by atoms with Crippen molar-refractivity contribution in [3.05, 3.63) is 59.8 Å². The normalized spacial score (nSPS) is 10.7. The fourth-order valence-corrected chi connectivity index (χ4v) is 1.93. The lowest BCUT2D eigenvalue weighted by Gasteiger charge is -2.00. The summed E-state index contributed by atoms with van der Waals surface area (Å²) in [5.41, 5.74) is 0.999. The Balaban J connectivity index is 1.89. The Morgan fingerprint density at radius 3 is 2.63 bits per heavy atom. The summed E-state index contributed by atoms with van der Waals surface area (Å²) in [5.74, 6) is -1.29. The summed E-state index contributed by atoms with van der Waals surface area (Å²) >= 11 is 0. The first kappa shape index (κ1) is 11.4. The number of hydrogen-bond donors (Lipinski definition) is 1. The number of benzene rings is 2. The summed E-state index contributed by atoms with van der Waals surface area (Å²) in [6.07, 6.45) is 0.422. The molecule has 0 bridgehead atoms. The zero-order valence-electron chi connectivity index (χ0n) is 9.91. The first-order chi connectivity index (χ1) is 9.22. The maximum absolute atomic E-state index is 10.6. The number of rotatable bonds is 3. The highest BCUT2D eigenvalue weighted by Crippen LogP contribution is 2.17. The van der Waals surface area contributed by atoms with E-state index in [1.807, 2.05) is 42.5 Å². The van der Waals surface area contributed by atoms with Crippen LogP contribution in [-0.2, 0) is 6.42 Å². The van der Waals surface area contributed by atoms with Crippen molar-refractivity contribution < 1.29 is 14.3 Å². The Morgan fingerprint density at radius 2 is 1.89 bits per heavy atom. The fraction of sp³-hybridized carbons (Fsp3) is 0.0714. The molecule has 0 unspecified atom stereocenters. The number of fused-ring (bicyclic) bond motifs is 1. The van der Waals surface area contributed by atoms with Gasteiger partial charge in [0.2, 0.25) is 5.89 Å². The van der Waals surface area contributed by atoms with Gasteiger partial charge in [0.05, 0.1) is 6.42 Å². The van der Waals surface area contributed by atoms with Crippen molar-refractivity contribution in [2.45, 2.75) is 6.42 Å². The second-order valence-corrected chi connectivity index (χ2v) is 4.16. The van der Waals surface area contributed by atoms with Gasteiger partial charge in [-0.2, -0.15) is 0 Å². The molecule has 0 amide bonds. The quantitative estimate of drug-likeness (QED) is 0.777. The van der Waals surface area contributed by atoms with Crippen LogP contribution in [0.1, 0.15) is 22.1 Å². The van der Waals surface area contributed by atoms with E-state index in [9.17, 15) is 4.79 Å². The van der Waals surface area contributed by atoms with E-state index in [0.717, 1.165) is 16.3 Å². The molecule has 0 aliphatic heterocycles. The molecule has 0 fully saturated rings. The minimum Gasteiger partial charge on any atom is -0.474 e. The largest absolute Gasteiger partial charge is 0.474 e. The molecule has 0 saturated carbocycles. The molecule has 19 heavy (non-hydrogen) atoms. The highest BCUT2D eigenvalue weighted by Gasteiger charge is 2.13. The number of carboxylic acid groups (broad SMARTS) is 1. The molecule has 0 atom stereocenters. The molecule has 3 aromatic rings. The summed E-state index contributed by atoms with van der Waals surface area (Å²) in [4.78, 5) is 10.6. The highest BCUT2D eigenvalue weighted by atomic mass is 16.4. The van der Waals surface area contributed by atoms with E-state index in [-0.39, 0.29) is 5.89 Å². The van der Waals surface area contributed by atoms with Crippen molar-refractivity contribution in [2.24, 2.45) is 0 Å². The van der Waals surface area contributed by atoms with E-state index >= 15 is 0 Å². The lowest BCUT2D eigenvalue weighted by atomic mass is 10.1. The van der Waals surface area contributed by atoms with Crippen LogP contribution in [0.5, 0.6) is 0 Å². The Kier molecular flexibility index (Phi) is 2.72. The van der Waals surface area contributed by atoms with Crippen LogP contribution in [0.2, 0.25) is 0 Å². The summed E-state index contributed by atoms with van der Waals surface area (Å²) in [7, 11) is 0. The Morgan fingerprint density at radius 1 is 1.11 bits per heavy atom. The van der Waals surface area contributed by atoms with E-state index in [1.54, 1.807) is 0 Å². The van der Waals surface area contributed by atoms with Crippen molar-refractivity contribution in [2.75, 3.05) is 0 Å². The van der Waals surface area contributed by atoms with Crippen LogP contribution in [0, 0.1) is 0 Å². The molecular weight excluding hydrogens is 244 g/mol. The second-order valence-electron chi connectivity index (χ2n) is 4.16. The Bertz CT molecular complexity index is 749. The minimum atomic E-state index is -1.21. The minimum absolute atomic E-state index is 0.299. The third-order valence-corrected chi connectivity index (χ3v) is 2.82. The van der Waals surface area contributed by atoms with E-state index in [1.165, 1.54) is 0 Å². The van der Waals surface area contributed by atoms with Gasteiger partial charge < -0.3 is 9.52 Å². The van der Waals surface area contributed by atoms with Gasteiger partial charge in [0.1, 0.15) is 0 Å². The van der Waals surface area contributed by atoms with Gasteiger partial charge in [0.15, 0.2) is 0 Å². The lowest BCUT2D eigenvalue weighted by molar-refractivity contribution is 0.0651. The lowest BCUT2D eigenvalue weighted by Crippen LogP contribution is -1.95. The van der Waals surface area contributed by atoms with Crippen molar-refractivity contribution in [3.8, 4) is 0 Å². The van der Waals surface area contributed by atoms with Crippen LogP contribution >= 0.6 is 0 Å². The third-order valence-electron chi connectivity index (χ3n) is 2.82. The van der Waals surface area contributed by atoms with Crippen LogP contribution in [0.4, 0.5) is 0 Å². The topological polar surface area (TPSA) is 76.2 Å². The van der Waals surface area contributed by atoms with E-state index in [2.05, 4.69) is 10.2 Å². The van der Waals surface area contributed by atoms with E-state index in [0.29, 0.717) is 12.3 Å². The van der Waals surface area contributed by atoms with E-state index in [4.69, 9.17) is 9.52 Å². The number of aromatic carboxylic acids is 1. The number of carboxylic acids is 1. The van der Waals surface area contributed by atoms with Crippen LogP contribution in [0.15, 0.2) is 46.9 Å². The van der Waals surface area contributed by atoms with E-state index < -0.39 is 5.97 Å². The zero-order valence-corrected chi connectivity index (χ0v) is 9.91. The van der Waals surface area contributed by atoms with Crippen LogP contribution < -0.4 is 0 Å². The molecule has 2 aromatic carbocycles. The summed E-state index contributed by atoms with van der Waals surface area (Å²) in [5, 5.41) is 18.2. The molecule has 3 rings (SSSR count). The molecule has 0 aliphatic rings. The molecule has 0 aliphatic carbocycles. The molecule has 94 valence electrons. The predicted octanol–water partition coefficient (Wildman–Crippen LogP) is 2.51. The maximum atomic E-state index is 10.6. The number of hydrogen-bond acceptors (Lipinski definition) is 4. The second kappa shape index (κ2) is 4.53. The summed E-state index contributed by atoms with van der Waals surface area (Å²) in [6.45, 7) is 0. The van der Waals surface area contributed by atoms with Gasteiger partial charge in [0, 0.05) is 0 Å². The molecule has 1 aromatic heterocycles. The SMILES string of the molecule is O=C(O)c1nnc(Cc2ccc3ccccc3c2)o1. The smallest absolute Gasteiger partial charge is 0.393 e. The zero-order chi connectivity index (χ0) is 13.2. The number of nitrogens with zero attached hydrogens (tertiary/aromatic N) is 2. The first-order valence-corrected chi connectivity index (χ1v) is 5.76. The molecule has 5 nitrogen and oxygen atoms in total. The molecule has 0 radical (unpaired) electrons. The number of aromatic nitrogens is 2. The molecule has 0 saturated heterocycles. The van der Waals surface area contributed by atoms with Gasteiger partial charge in [-0.15, -0.1) is 10.2 Å². The highest BCUT2D eigenvalue weighted by molar-refractivity contribution is 5.83. The number of carbonyl (C=O) groups is 1. The van der Waals surface area contributed by atoms with Gasteiger partial charge in [-0.05, 0) is 16.3 Å². The van der Waals surface area contributed by atoms with Crippen molar-refractivity contribution >= 4 is 16.7 Å². The average Bonchev–Trinajstić information content (AvgIpc) is 2.87. The average molecular weight is 254 g/mol. The van der Waals surface area contributed by atoms with Gasteiger partial charge in [-0.3, -0.25) is 0 Å². The Hall–Kier alpha value is -2.69. The first-order valence-electron chi connectivity index (χ1n) is 5.76. The molecule has 5 heteroatoms. The van der Waals surface area contributed by atoms with Crippen LogP contribution in [-0.4, -0.2) is 21.3 Å². The molecule has 0 spiro atoms. The van der Waals surface area contributed by atoms with Gasteiger partial charge >= 0.3 is 11.9 Å². The van der Waals surface area contributed by atoms with Gasteiger partial charge in [-0.25, -0.2) is 4.79 Å². The fourth-order valence-electron chi connectivity index (χ4n) is 1.93. The molecule has 1 N–H and O–H groups in total. The maximum Gasteiger partial charge on any atom is 0.393 e. The summed E-state index contributed by atoms with van der Waals surface area (Å²) in [6, 6.07) is 14.0. The van der Waals surface area contributed by atoms with Crippen molar-refractivity contribution in [3.63, 3.8) is 0 Å². The Labute approximate surface area is 108 Å². The van der Waals surface area contributed by atoms with Gasteiger partial charge in [0.25, 0.3) is 0 Å². The molecule has 1 heterocycles. The summed E-state index contributed by atoms with van der Waals surface area (Å²) < 4.78 is 5.04. The van der Waals surface area contributed by atoms with Gasteiger partial charge in [-0.1, -0.05) is 42.5 Å².